The molecule has 2 atom stereocenters. The zero-order chi connectivity index (χ0) is 20.3. The molecule has 0 aliphatic carbocycles. The summed E-state index contributed by atoms with van der Waals surface area (Å²) in [6, 6.07) is 29.2. The summed E-state index contributed by atoms with van der Waals surface area (Å²) in [4.78, 5) is 0. The van der Waals surface area contributed by atoms with Gasteiger partial charge in [-0.25, -0.2) is 8.78 Å². The quantitative estimate of drug-likeness (QED) is 0.502. The molecule has 0 N–H and O–H groups in total. The van der Waals surface area contributed by atoms with Crippen LogP contribution in [-0.2, 0) is 15.1 Å². The molecule has 3 aromatic carbocycles. The Morgan fingerprint density at radius 3 is 1.59 bits per heavy atom. The summed E-state index contributed by atoms with van der Waals surface area (Å²) in [7, 11) is 0. The second-order valence-corrected chi connectivity index (χ2v) is 7.49. The lowest BCUT2D eigenvalue weighted by atomic mass is 9.80. The molecule has 0 bridgehead atoms. The van der Waals surface area contributed by atoms with E-state index >= 15 is 0 Å². The smallest absolute Gasteiger partial charge is 0.280 e. The summed E-state index contributed by atoms with van der Waals surface area (Å²) in [5, 5.41) is 0. The molecular weight excluding hydrogens is 370 g/mol. The van der Waals surface area contributed by atoms with E-state index in [9.17, 15) is 8.78 Å². The highest BCUT2D eigenvalue weighted by molar-refractivity contribution is 5.47. The summed E-state index contributed by atoms with van der Waals surface area (Å²) in [6.07, 6.45) is -1.27. The fourth-order valence-corrected chi connectivity index (χ4v) is 3.93. The first-order valence-electron chi connectivity index (χ1n) is 9.85. The fourth-order valence-electron chi connectivity index (χ4n) is 3.93. The van der Waals surface area contributed by atoms with Crippen LogP contribution in [-0.4, -0.2) is 25.2 Å². The molecule has 0 saturated carbocycles. The van der Waals surface area contributed by atoms with Crippen molar-refractivity contribution in [1.29, 1.82) is 0 Å². The van der Waals surface area contributed by atoms with E-state index in [4.69, 9.17) is 9.47 Å². The van der Waals surface area contributed by atoms with Crippen molar-refractivity contribution in [1.82, 2.24) is 0 Å². The van der Waals surface area contributed by atoms with Gasteiger partial charge in [-0.1, -0.05) is 97.9 Å². The van der Waals surface area contributed by atoms with Crippen molar-refractivity contribution in [2.24, 2.45) is 5.92 Å². The Kier molecular flexibility index (Phi) is 5.48. The van der Waals surface area contributed by atoms with Gasteiger partial charge < -0.3 is 9.47 Å². The highest BCUT2D eigenvalue weighted by Gasteiger charge is 2.52. The molecule has 1 heterocycles. The third-order valence-electron chi connectivity index (χ3n) is 5.63. The number of benzene rings is 3. The molecule has 0 amide bonds. The molecule has 2 nitrogen and oxygen atoms in total. The fraction of sp³-hybridized carbons (Fsp3) is 0.280. The molecule has 1 aliphatic rings. The minimum Gasteiger partial charge on any atom is -0.369 e. The van der Waals surface area contributed by atoms with Gasteiger partial charge in [0.25, 0.3) is 5.92 Å². The molecule has 150 valence electrons. The molecule has 0 unspecified atom stereocenters. The first kappa shape index (κ1) is 19.7. The first-order chi connectivity index (χ1) is 14.0. The number of hydrogen-bond donors (Lipinski definition) is 0. The number of hydrogen-bond acceptors (Lipinski definition) is 2. The van der Waals surface area contributed by atoms with Crippen LogP contribution < -0.4 is 0 Å². The normalized spacial score (nSPS) is 21.2. The highest BCUT2D eigenvalue weighted by atomic mass is 19.3. The Bertz CT molecular complexity index is 817. The van der Waals surface area contributed by atoms with E-state index in [1.807, 2.05) is 91.0 Å². The molecule has 0 radical (unpaired) electrons. The molecular formula is C25H24F2O2. The Morgan fingerprint density at radius 2 is 1.24 bits per heavy atom. The van der Waals surface area contributed by atoms with E-state index in [0.29, 0.717) is 0 Å². The van der Waals surface area contributed by atoms with Gasteiger partial charge in [0, 0.05) is 5.92 Å². The van der Waals surface area contributed by atoms with Gasteiger partial charge in [-0.05, 0) is 16.7 Å². The summed E-state index contributed by atoms with van der Waals surface area (Å²) >= 11 is 0. The van der Waals surface area contributed by atoms with Crippen molar-refractivity contribution >= 4 is 0 Å². The number of rotatable bonds is 6. The van der Waals surface area contributed by atoms with E-state index in [1.165, 1.54) is 6.92 Å². The Hall–Kier alpha value is -2.56. The van der Waals surface area contributed by atoms with Gasteiger partial charge >= 0.3 is 0 Å². The summed E-state index contributed by atoms with van der Waals surface area (Å²) in [5.74, 6) is -3.74. The van der Waals surface area contributed by atoms with Crippen LogP contribution in [0.4, 0.5) is 8.78 Å². The molecule has 1 fully saturated rings. The molecule has 4 heteroatoms. The maximum Gasteiger partial charge on any atom is 0.280 e. The second-order valence-electron chi connectivity index (χ2n) is 7.49. The summed E-state index contributed by atoms with van der Waals surface area (Å²) in [6.45, 7) is 1.34. The van der Waals surface area contributed by atoms with Gasteiger partial charge in [0.1, 0.15) is 11.7 Å². The van der Waals surface area contributed by atoms with Crippen molar-refractivity contribution in [2.45, 2.75) is 24.6 Å². The number of ether oxygens (including phenoxy) is 2. The van der Waals surface area contributed by atoms with E-state index in [2.05, 4.69) is 0 Å². The summed E-state index contributed by atoms with van der Waals surface area (Å²) < 4.78 is 41.0. The SMILES string of the molecule is C[C@@H]1CO[C@H](COC(c2ccccc2)(c2ccccc2)c2ccccc2)C1(F)F. The van der Waals surface area contributed by atoms with Crippen molar-refractivity contribution in [2.75, 3.05) is 13.2 Å². The Balaban J connectivity index is 1.82. The molecule has 4 rings (SSSR count). The van der Waals surface area contributed by atoms with Crippen molar-refractivity contribution in [3.8, 4) is 0 Å². The maximum absolute atomic E-state index is 14.6. The lowest BCUT2D eigenvalue weighted by molar-refractivity contribution is -0.131. The van der Waals surface area contributed by atoms with Gasteiger partial charge in [-0.2, -0.15) is 0 Å². The largest absolute Gasteiger partial charge is 0.369 e. The minimum atomic E-state index is -2.92. The molecule has 1 aliphatic heterocycles. The first-order valence-corrected chi connectivity index (χ1v) is 9.85. The van der Waals surface area contributed by atoms with Crippen LogP contribution in [0.5, 0.6) is 0 Å². The van der Waals surface area contributed by atoms with Crippen LogP contribution in [0.25, 0.3) is 0 Å². The molecule has 0 spiro atoms. The third kappa shape index (κ3) is 3.59. The van der Waals surface area contributed by atoms with E-state index < -0.39 is 23.5 Å². The second kappa shape index (κ2) is 8.05. The van der Waals surface area contributed by atoms with Crippen LogP contribution in [0.3, 0.4) is 0 Å². The van der Waals surface area contributed by atoms with Gasteiger partial charge in [-0.3, -0.25) is 0 Å². The molecule has 1 saturated heterocycles. The van der Waals surface area contributed by atoms with Crippen molar-refractivity contribution in [3.63, 3.8) is 0 Å². The Morgan fingerprint density at radius 1 is 0.828 bits per heavy atom. The summed E-state index contributed by atoms with van der Waals surface area (Å²) in [5.41, 5.74) is 1.62. The van der Waals surface area contributed by atoms with E-state index in [0.717, 1.165) is 16.7 Å². The average Bonchev–Trinajstić information content (AvgIpc) is 3.03. The van der Waals surface area contributed by atoms with Gasteiger partial charge in [-0.15, -0.1) is 0 Å². The lowest BCUT2D eigenvalue weighted by Crippen LogP contribution is -2.41. The van der Waals surface area contributed by atoms with Gasteiger partial charge in [0.2, 0.25) is 0 Å². The molecule has 0 aromatic heterocycles. The standard InChI is InChI=1S/C25H24F2O2/c1-19-17-28-23(25(19,26)27)18-29-24(20-11-5-2-6-12-20,21-13-7-3-8-14-21)22-15-9-4-10-16-22/h2-16,19,23H,17-18H2,1H3/t19-,23-/m1/s1. The molecule has 3 aromatic rings. The van der Waals surface area contributed by atoms with E-state index in [1.54, 1.807) is 0 Å². The van der Waals surface area contributed by atoms with Gasteiger partial charge in [0.05, 0.1) is 13.2 Å². The average molecular weight is 394 g/mol. The van der Waals surface area contributed by atoms with Crippen LogP contribution in [0.15, 0.2) is 91.0 Å². The van der Waals surface area contributed by atoms with Gasteiger partial charge in [0.15, 0.2) is 0 Å². The lowest BCUT2D eigenvalue weighted by Gasteiger charge is -2.37. The van der Waals surface area contributed by atoms with Crippen LogP contribution >= 0.6 is 0 Å². The predicted molar refractivity (Wildman–Crippen MR) is 109 cm³/mol. The number of halogens is 2. The molecule has 29 heavy (non-hydrogen) atoms. The van der Waals surface area contributed by atoms with Crippen LogP contribution in [0.1, 0.15) is 23.6 Å². The van der Waals surface area contributed by atoms with Crippen LogP contribution in [0.2, 0.25) is 0 Å². The van der Waals surface area contributed by atoms with Crippen molar-refractivity contribution < 1.29 is 18.3 Å². The maximum atomic E-state index is 14.6. The Labute approximate surface area is 170 Å². The predicted octanol–water partition coefficient (Wildman–Crippen LogP) is 5.67. The highest BCUT2D eigenvalue weighted by Crippen LogP contribution is 2.43. The number of alkyl halides is 2. The minimum absolute atomic E-state index is 0.0377. The van der Waals surface area contributed by atoms with Crippen molar-refractivity contribution in [3.05, 3.63) is 108 Å². The zero-order valence-corrected chi connectivity index (χ0v) is 16.3. The van der Waals surface area contributed by atoms with E-state index in [-0.39, 0.29) is 13.2 Å². The zero-order valence-electron chi connectivity index (χ0n) is 16.3. The monoisotopic (exact) mass is 394 g/mol. The topological polar surface area (TPSA) is 18.5 Å². The third-order valence-corrected chi connectivity index (χ3v) is 5.63. The van der Waals surface area contributed by atoms with Crippen LogP contribution in [0, 0.1) is 5.92 Å².